The molecule has 0 saturated heterocycles. The minimum atomic E-state index is -0.345. The highest BCUT2D eigenvalue weighted by atomic mass is 35.5. The van der Waals surface area contributed by atoms with Crippen LogP contribution < -0.4 is 5.32 Å². The number of phenolic OH excluding ortho intramolecular Hbond substituents is 1. The van der Waals surface area contributed by atoms with Gasteiger partial charge in [0.15, 0.2) is 0 Å². The number of anilines is 1. The molecule has 1 heterocycles. The lowest BCUT2D eigenvalue weighted by Gasteiger charge is -2.06. The van der Waals surface area contributed by atoms with E-state index in [9.17, 15) is 9.90 Å². The summed E-state index contributed by atoms with van der Waals surface area (Å²) in [6, 6.07) is 15.6. The van der Waals surface area contributed by atoms with Crippen LogP contribution in [-0.2, 0) is 0 Å². The van der Waals surface area contributed by atoms with E-state index >= 15 is 0 Å². The van der Waals surface area contributed by atoms with E-state index in [2.05, 4.69) is 10.3 Å². The quantitative estimate of drug-likeness (QED) is 0.755. The number of hydrogen-bond acceptors (Lipinski definition) is 3. The number of benzene rings is 2. The van der Waals surface area contributed by atoms with Crippen molar-refractivity contribution in [3.63, 3.8) is 0 Å². The normalized spacial score (nSPS) is 10.5. The third-order valence-corrected chi connectivity index (χ3v) is 3.35. The van der Waals surface area contributed by atoms with Gasteiger partial charge in [0.25, 0.3) is 5.91 Å². The molecular weight excluding hydrogens is 288 g/mol. The summed E-state index contributed by atoms with van der Waals surface area (Å²) in [7, 11) is 0. The number of carbonyl (C=O) groups is 1. The zero-order chi connectivity index (χ0) is 14.8. The molecule has 0 aliphatic carbocycles. The molecule has 2 aromatic carbocycles. The van der Waals surface area contributed by atoms with Gasteiger partial charge in [0, 0.05) is 17.1 Å². The predicted molar refractivity (Wildman–Crippen MR) is 82.8 cm³/mol. The molecule has 5 heteroatoms. The van der Waals surface area contributed by atoms with Crippen LogP contribution in [0.4, 0.5) is 5.69 Å². The fourth-order valence-electron chi connectivity index (χ4n) is 1.98. The van der Waals surface area contributed by atoms with Gasteiger partial charge < -0.3 is 10.4 Å². The third-order valence-electron chi connectivity index (χ3n) is 3.04. The van der Waals surface area contributed by atoms with E-state index in [0.717, 1.165) is 10.9 Å². The first-order chi connectivity index (χ1) is 10.1. The van der Waals surface area contributed by atoms with E-state index in [1.54, 1.807) is 12.1 Å². The van der Waals surface area contributed by atoms with Crippen LogP contribution in [-0.4, -0.2) is 16.0 Å². The monoisotopic (exact) mass is 298 g/mol. The summed E-state index contributed by atoms with van der Waals surface area (Å²) in [6.07, 6.45) is 0. The highest BCUT2D eigenvalue weighted by molar-refractivity contribution is 6.32. The number of amides is 1. The molecule has 0 aliphatic rings. The van der Waals surface area contributed by atoms with Crippen LogP contribution in [0.25, 0.3) is 10.9 Å². The maximum absolute atomic E-state index is 12.2. The van der Waals surface area contributed by atoms with Gasteiger partial charge in [-0.25, -0.2) is 4.98 Å². The van der Waals surface area contributed by atoms with Crippen LogP contribution in [0, 0.1) is 0 Å². The highest BCUT2D eigenvalue weighted by Gasteiger charge is 2.09. The van der Waals surface area contributed by atoms with Crippen molar-refractivity contribution >= 4 is 34.1 Å². The molecule has 3 aromatic rings. The Morgan fingerprint density at radius 3 is 2.71 bits per heavy atom. The third kappa shape index (κ3) is 2.80. The first kappa shape index (κ1) is 13.4. The second kappa shape index (κ2) is 5.42. The van der Waals surface area contributed by atoms with Gasteiger partial charge in [-0.15, -0.1) is 0 Å². The molecule has 1 aromatic heterocycles. The number of halogens is 1. The van der Waals surface area contributed by atoms with Gasteiger partial charge in [-0.1, -0.05) is 35.9 Å². The second-order valence-corrected chi connectivity index (χ2v) is 4.92. The van der Waals surface area contributed by atoms with E-state index in [1.807, 2.05) is 30.3 Å². The first-order valence-corrected chi connectivity index (χ1v) is 6.67. The molecular formula is C16H11ClN2O2. The van der Waals surface area contributed by atoms with Crippen molar-refractivity contribution < 1.29 is 9.90 Å². The van der Waals surface area contributed by atoms with Gasteiger partial charge in [-0.3, -0.25) is 4.79 Å². The molecule has 4 nitrogen and oxygen atoms in total. The van der Waals surface area contributed by atoms with Crippen molar-refractivity contribution in [1.82, 2.24) is 4.98 Å². The number of fused-ring (bicyclic) bond motifs is 1. The van der Waals surface area contributed by atoms with Crippen LogP contribution in [0.2, 0.25) is 5.02 Å². The smallest absolute Gasteiger partial charge is 0.274 e. The van der Waals surface area contributed by atoms with Gasteiger partial charge in [-0.05, 0) is 24.3 Å². The lowest BCUT2D eigenvalue weighted by molar-refractivity contribution is 0.102. The van der Waals surface area contributed by atoms with E-state index in [1.165, 1.54) is 12.1 Å². The summed E-state index contributed by atoms with van der Waals surface area (Å²) in [4.78, 5) is 16.5. The van der Waals surface area contributed by atoms with E-state index in [-0.39, 0.29) is 16.7 Å². The Morgan fingerprint density at radius 2 is 1.90 bits per heavy atom. The SMILES string of the molecule is O=C(Nc1ccc(Cl)c(O)c1)c1ccc2ccccc2n1. The molecule has 3 rings (SSSR count). The van der Waals surface area contributed by atoms with Gasteiger partial charge in [0.05, 0.1) is 10.5 Å². The van der Waals surface area contributed by atoms with E-state index in [0.29, 0.717) is 11.4 Å². The van der Waals surface area contributed by atoms with E-state index < -0.39 is 0 Å². The molecule has 21 heavy (non-hydrogen) atoms. The Bertz CT molecular complexity index is 833. The van der Waals surface area contributed by atoms with Crippen molar-refractivity contribution in [2.75, 3.05) is 5.32 Å². The largest absolute Gasteiger partial charge is 0.506 e. The van der Waals surface area contributed by atoms with Gasteiger partial charge in [0.2, 0.25) is 0 Å². The average Bonchev–Trinajstić information content (AvgIpc) is 2.50. The molecule has 0 saturated carbocycles. The Hall–Kier alpha value is -2.59. The van der Waals surface area contributed by atoms with Crippen molar-refractivity contribution in [3.8, 4) is 5.75 Å². The highest BCUT2D eigenvalue weighted by Crippen LogP contribution is 2.26. The maximum atomic E-state index is 12.2. The molecule has 0 fully saturated rings. The number of aromatic nitrogens is 1. The molecule has 0 aliphatic heterocycles. The minimum absolute atomic E-state index is 0.0825. The molecule has 2 N–H and O–H groups in total. The lowest BCUT2D eigenvalue weighted by Crippen LogP contribution is -2.13. The van der Waals surface area contributed by atoms with Crippen molar-refractivity contribution in [1.29, 1.82) is 0 Å². The number of rotatable bonds is 2. The Balaban J connectivity index is 1.87. The average molecular weight is 299 g/mol. The number of carbonyl (C=O) groups excluding carboxylic acids is 1. The number of nitrogens with one attached hydrogen (secondary N) is 1. The fourth-order valence-corrected chi connectivity index (χ4v) is 2.10. The van der Waals surface area contributed by atoms with Gasteiger partial charge in [0.1, 0.15) is 11.4 Å². The number of nitrogens with zero attached hydrogens (tertiary/aromatic N) is 1. The number of hydrogen-bond donors (Lipinski definition) is 2. The lowest BCUT2D eigenvalue weighted by atomic mass is 10.2. The van der Waals surface area contributed by atoms with E-state index in [4.69, 9.17) is 11.6 Å². The van der Waals surface area contributed by atoms with Crippen molar-refractivity contribution in [2.45, 2.75) is 0 Å². The zero-order valence-corrected chi connectivity index (χ0v) is 11.6. The molecule has 0 unspecified atom stereocenters. The summed E-state index contributed by atoms with van der Waals surface area (Å²) in [6.45, 7) is 0. The van der Waals surface area contributed by atoms with Gasteiger partial charge >= 0.3 is 0 Å². The Labute approximate surface area is 126 Å². The summed E-state index contributed by atoms with van der Waals surface area (Å²) in [5, 5.41) is 13.4. The molecule has 1 amide bonds. The Morgan fingerprint density at radius 1 is 1.10 bits per heavy atom. The summed E-state index contributed by atoms with van der Waals surface area (Å²) >= 11 is 5.72. The molecule has 0 spiro atoms. The van der Waals surface area contributed by atoms with Crippen molar-refractivity contribution in [2.24, 2.45) is 0 Å². The summed E-state index contributed by atoms with van der Waals surface area (Å²) in [5.74, 6) is -0.427. The number of pyridine rings is 1. The van der Waals surface area contributed by atoms with Crippen LogP contribution in [0.5, 0.6) is 5.75 Å². The van der Waals surface area contributed by atoms with Crippen molar-refractivity contribution in [3.05, 3.63) is 65.3 Å². The first-order valence-electron chi connectivity index (χ1n) is 6.29. The number of aromatic hydroxyl groups is 1. The molecule has 0 atom stereocenters. The number of phenols is 1. The van der Waals surface area contributed by atoms with Gasteiger partial charge in [-0.2, -0.15) is 0 Å². The zero-order valence-electron chi connectivity index (χ0n) is 10.9. The molecule has 104 valence electrons. The van der Waals surface area contributed by atoms with Crippen LogP contribution in [0.15, 0.2) is 54.6 Å². The van der Waals surface area contributed by atoms with Crippen LogP contribution in [0.3, 0.4) is 0 Å². The topological polar surface area (TPSA) is 62.2 Å². The molecule has 0 radical (unpaired) electrons. The summed E-state index contributed by atoms with van der Waals surface area (Å²) < 4.78 is 0. The Kier molecular flexibility index (Phi) is 3.46. The fraction of sp³-hybridized carbons (Fsp3) is 0. The molecule has 0 bridgehead atoms. The minimum Gasteiger partial charge on any atom is -0.506 e. The summed E-state index contributed by atoms with van der Waals surface area (Å²) in [5.41, 5.74) is 1.52. The maximum Gasteiger partial charge on any atom is 0.274 e. The standard InChI is InChI=1S/C16H11ClN2O2/c17-12-7-6-11(9-15(12)20)18-16(21)14-8-5-10-3-1-2-4-13(10)19-14/h1-9,20H,(H,18,21). The van der Waals surface area contributed by atoms with Crippen LogP contribution >= 0.6 is 11.6 Å². The second-order valence-electron chi connectivity index (χ2n) is 4.51. The van der Waals surface area contributed by atoms with Crippen LogP contribution in [0.1, 0.15) is 10.5 Å². The number of para-hydroxylation sites is 1. The predicted octanol–water partition coefficient (Wildman–Crippen LogP) is 3.85.